The van der Waals surface area contributed by atoms with E-state index in [1.165, 1.54) is 28.1 Å². The second-order valence-corrected chi connectivity index (χ2v) is 5.73. The first-order valence-corrected chi connectivity index (χ1v) is 7.86. The Hall–Kier alpha value is -2.80. The number of hydrogen-bond donors (Lipinski definition) is 0. The summed E-state index contributed by atoms with van der Waals surface area (Å²) >= 11 is 0. The van der Waals surface area contributed by atoms with Crippen LogP contribution in [0.5, 0.6) is 0 Å². The number of benzene rings is 3. The van der Waals surface area contributed by atoms with Gasteiger partial charge in [-0.25, -0.2) is 0 Å². The van der Waals surface area contributed by atoms with Gasteiger partial charge in [0.25, 0.3) is 0 Å². The van der Waals surface area contributed by atoms with Gasteiger partial charge in [-0.2, -0.15) is 0 Å². The lowest BCUT2D eigenvalue weighted by atomic mass is 10.1. The second kappa shape index (κ2) is 6.97. The van der Waals surface area contributed by atoms with Crippen LogP contribution in [0.25, 0.3) is 12.2 Å². The summed E-state index contributed by atoms with van der Waals surface area (Å²) < 4.78 is 0. The van der Waals surface area contributed by atoms with E-state index in [1.807, 2.05) is 6.07 Å². The lowest BCUT2D eigenvalue weighted by Gasteiger charge is -2.19. The SMILES string of the molecule is Cc1ccc(/C=C/c2ccc(N(C)c3ccccc3)cc2)cc1. The molecule has 0 saturated heterocycles. The van der Waals surface area contributed by atoms with Gasteiger partial charge in [-0.05, 0) is 42.3 Å². The van der Waals surface area contributed by atoms with Crippen LogP contribution in [0, 0.1) is 6.92 Å². The molecule has 23 heavy (non-hydrogen) atoms. The Kier molecular flexibility index (Phi) is 4.58. The fraction of sp³-hybridized carbons (Fsp3) is 0.0909. The van der Waals surface area contributed by atoms with E-state index in [0.717, 1.165) is 0 Å². The fourth-order valence-electron chi connectivity index (χ4n) is 2.48. The van der Waals surface area contributed by atoms with Crippen molar-refractivity contribution < 1.29 is 0 Å². The lowest BCUT2D eigenvalue weighted by Crippen LogP contribution is -2.08. The normalized spacial score (nSPS) is 10.9. The molecule has 0 bridgehead atoms. The highest BCUT2D eigenvalue weighted by Gasteiger charge is 2.02. The molecule has 0 saturated carbocycles. The number of anilines is 2. The minimum atomic E-state index is 1.18. The monoisotopic (exact) mass is 299 g/mol. The molecule has 0 fully saturated rings. The molecule has 0 atom stereocenters. The van der Waals surface area contributed by atoms with Crippen LogP contribution < -0.4 is 4.90 Å². The van der Waals surface area contributed by atoms with Crippen molar-refractivity contribution >= 4 is 23.5 Å². The first-order valence-electron chi connectivity index (χ1n) is 7.86. The minimum Gasteiger partial charge on any atom is -0.345 e. The highest BCUT2D eigenvalue weighted by molar-refractivity contribution is 5.71. The third-order valence-electron chi connectivity index (χ3n) is 3.97. The molecule has 114 valence electrons. The topological polar surface area (TPSA) is 3.24 Å². The zero-order valence-electron chi connectivity index (χ0n) is 13.6. The molecule has 0 unspecified atom stereocenters. The maximum absolute atomic E-state index is 2.19. The molecular formula is C22H21N. The Morgan fingerprint density at radius 1 is 0.609 bits per heavy atom. The van der Waals surface area contributed by atoms with Crippen LogP contribution in [0.1, 0.15) is 16.7 Å². The quantitative estimate of drug-likeness (QED) is 0.539. The summed E-state index contributed by atoms with van der Waals surface area (Å²) in [5, 5.41) is 0. The Bertz CT molecular complexity index is 768. The van der Waals surface area contributed by atoms with Crippen LogP contribution in [0.15, 0.2) is 78.9 Å². The number of nitrogens with zero attached hydrogens (tertiary/aromatic N) is 1. The second-order valence-electron chi connectivity index (χ2n) is 5.73. The summed E-state index contributed by atoms with van der Waals surface area (Å²) in [6.45, 7) is 2.11. The third-order valence-corrected chi connectivity index (χ3v) is 3.97. The number of hydrogen-bond acceptors (Lipinski definition) is 1. The van der Waals surface area contributed by atoms with Crippen LogP contribution in [-0.4, -0.2) is 7.05 Å². The first kappa shape index (κ1) is 15.1. The maximum atomic E-state index is 2.19. The summed E-state index contributed by atoms with van der Waals surface area (Å²) in [5.41, 5.74) is 6.09. The van der Waals surface area contributed by atoms with Crippen LogP contribution in [0.2, 0.25) is 0 Å². The van der Waals surface area contributed by atoms with E-state index in [0.29, 0.717) is 0 Å². The summed E-state index contributed by atoms with van der Waals surface area (Å²) in [5.74, 6) is 0. The van der Waals surface area contributed by atoms with Gasteiger partial charge in [0.15, 0.2) is 0 Å². The van der Waals surface area contributed by atoms with E-state index >= 15 is 0 Å². The van der Waals surface area contributed by atoms with Gasteiger partial charge >= 0.3 is 0 Å². The van der Waals surface area contributed by atoms with Gasteiger partial charge < -0.3 is 4.90 Å². The Morgan fingerprint density at radius 3 is 1.65 bits per heavy atom. The van der Waals surface area contributed by atoms with E-state index in [1.54, 1.807) is 0 Å². The minimum absolute atomic E-state index is 1.18. The van der Waals surface area contributed by atoms with E-state index in [9.17, 15) is 0 Å². The predicted octanol–water partition coefficient (Wildman–Crippen LogP) is 5.93. The van der Waals surface area contributed by atoms with Crippen molar-refractivity contribution in [1.29, 1.82) is 0 Å². The average molecular weight is 299 g/mol. The molecule has 0 amide bonds. The molecule has 1 nitrogen and oxygen atoms in total. The Balaban J connectivity index is 1.73. The van der Waals surface area contributed by atoms with Crippen molar-refractivity contribution in [2.75, 3.05) is 11.9 Å². The molecule has 0 aliphatic heterocycles. The standard InChI is InChI=1S/C22H21N/c1-18-8-10-19(11-9-18)12-13-20-14-16-22(17-15-20)23(2)21-6-4-3-5-7-21/h3-17H,1-2H3/b13-12+. The molecule has 0 N–H and O–H groups in total. The predicted molar refractivity (Wildman–Crippen MR) is 101 cm³/mol. The van der Waals surface area contributed by atoms with Gasteiger partial charge in [0.2, 0.25) is 0 Å². The highest BCUT2D eigenvalue weighted by Crippen LogP contribution is 2.23. The summed E-state index contributed by atoms with van der Waals surface area (Å²) in [4.78, 5) is 2.19. The molecule has 0 spiro atoms. The fourth-order valence-corrected chi connectivity index (χ4v) is 2.48. The van der Waals surface area contributed by atoms with Crippen molar-refractivity contribution in [1.82, 2.24) is 0 Å². The Morgan fingerprint density at radius 2 is 1.09 bits per heavy atom. The maximum Gasteiger partial charge on any atom is 0.0408 e. The molecule has 0 aromatic heterocycles. The summed E-state index contributed by atoms with van der Waals surface area (Å²) in [7, 11) is 2.09. The van der Waals surface area contributed by atoms with Gasteiger partial charge in [0.05, 0.1) is 0 Å². The van der Waals surface area contributed by atoms with Crippen LogP contribution in [-0.2, 0) is 0 Å². The number of para-hydroxylation sites is 1. The molecule has 3 aromatic carbocycles. The van der Waals surface area contributed by atoms with E-state index in [2.05, 4.69) is 104 Å². The van der Waals surface area contributed by atoms with Gasteiger partial charge in [-0.1, -0.05) is 72.3 Å². The largest absolute Gasteiger partial charge is 0.345 e. The van der Waals surface area contributed by atoms with Crippen LogP contribution in [0.4, 0.5) is 11.4 Å². The molecule has 1 heteroatoms. The zero-order chi connectivity index (χ0) is 16.1. The third kappa shape index (κ3) is 3.89. The molecule has 3 aromatic rings. The lowest BCUT2D eigenvalue weighted by molar-refractivity contribution is 1.21. The molecule has 0 aliphatic carbocycles. The van der Waals surface area contributed by atoms with Gasteiger partial charge in [0, 0.05) is 18.4 Å². The molecule has 3 rings (SSSR count). The van der Waals surface area contributed by atoms with Crippen molar-refractivity contribution in [2.45, 2.75) is 6.92 Å². The average Bonchev–Trinajstić information content (AvgIpc) is 2.62. The summed E-state index contributed by atoms with van der Waals surface area (Å²) in [6, 6.07) is 27.6. The number of aryl methyl sites for hydroxylation is 1. The number of rotatable bonds is 4. The zero-order valence-corrected chi connectivity index (χ0v) is 13.6. The van der Waals surface area contributed by atoms with Crippen molar-refractivity contribution in [3.63, 3.8) is 0 Å². The molecular weight excluding hydrogens is 278 g/mol. The highest BCUT2D eigenvalue weighted by atomic mass is 15.1. The van der Waals surface area contributed by atoms with Crippen molar-refractivity contribution in [2.24, 2.45) is 0 Å². The molecule has 0 aliphatic rings. The summed E-state index contributed by atoms with van der Waals surface area (Å²) in [6.07, 6.45) is 4.30. The van der Waals surface area contributed by atoms with Gasteiger partial charge in [0.1, 0.15) is 0 Å². The van der Waals surface area contributed by atoms with E-state index in [4.69, 9.17) is 0 Å². The van der Waals surface area contributed by atoms with Gasteiger partial charge in [-0.3, -0.25) is 0 Å². The first-order chi connectivity index (χ1) is 11.2. The Labute approximate surface area is 138 Å². The van der Waals surface area contributed by atoms with Crippen molar-refractivity contribution in [3.05, 3.63) is 95.6 Å². The smallest absolute Gasteiger partial charge is 0.0408 e. The van der Waals surface area contributed by atoms with Crippen molar-refractivity contribution in [3.8, 4) is 0 Å². The van der Waals surface area contributed by atoms with E-state index in [-0.39, 0.29) is 0 Å². The molecule has 0 heterocycles. The van der Waals surface area contributed by atoms with E-state index < -0.39 is 0 Å². The van der Waals surface area contributed by atoms with Crippen LogP contribution >= 0.6 is 0 Å². The molecule has 0 radical (unpaired) electrons. The van der Waals surface area contributed by atoms with Crippen LogP contribution in [0.3, 0.4) is 0 Å². The van der Waals surface area contributed by atoms with Gasteiger partial charge in [-0.15, -0.1) is 0 Å².